The molecule has 8 rings (SSSR count). The number of nitrogens with one attached hydrogen (secondary N) is 1. The third-order valence-electron chi connectivity index (χ3n) is 8.82. The monoisotopic (exact) mass is 614 g/mol. The summed E-state index contributed by atoms with van der Waals surface area (Å²) in [5.41, 5.74) is 12.7. The number of rotatable bonds is 8. The summed E-state index contributed by atoms with van der Waals surface area (Å²) in [6, 6.07) is 71.2. The fraction of sp³-hybridized carbons (Fsp3) is 0. The molecule has 0 aliphatic heterocycles. The fourth-order valence-electron chi connectivity index (χ4n) is 6.40. The molecule has 0 saturated carbocycles. The zero-order valence-corrected chi connectivity index (χ0v) is 26.5. The van der Waals surface area contributed by atoms with Crippen LogP contribution in [0.2, 0.25) is 0 Å². The first-order chi connectivity index (χ1) is 23.8. The van der Waals surface area contributed by atoms with Crippen molar-refractivity contribution in [2.75, 3.05) is 10.2 Å². The van der Waals surface area contributed by atoms with E-state index in [0.717, 1.165) is 28.4 Å². The van der Waals surface area contributed by atoms with Crippen LogP contribution in [0.1, 0.15) is 0 Å². The largest absolute Gasteiger partial charge is 0.356 e. The second-order valence-electron chi connectivity index (χ2n) is 11.9. The number of benzene rings is 8. The van der Waals surface area contributed by atoms with Gasteiger partial charge in [-0.1, -0.05) is 133 Å². The van der Waals surface area contributed by atoms with Crippen molar-refractivity contribution in [3.8, 4) is 33.4 Å². The minimum absolute atomic E-state index is 1.07. The topological polar surface area (TPSA) is 15.3 Å². The second kappa shape index (κ2) is 13.2. The molecule has 1 N–H and O–H groups in total. The molecule has 0 radical (unpaired) electrons. The molecular formula is C46H34N2. The van der Waals surface area contributed by atoms with Gasteiger partial charge in [0.1, 0.15) is 0 Å². The Morgan fingerprint density at radius 3 is 1.42 bits per heavy atom. The number of hydrogen-bond acceptors (Lipinski definition) is 2. The molecule has 0 aromatic heterocycles. The lowest BCUT2D eigenvalue weighted by Gasteiger charge is -2.27. The molecule has 2 heteroatoms. The number of fused-ring (bicyclic) bond motifs is 1. The zero-order chi connectivity index (χ0) is 32.1. The van der Waals surface area contributed by atoms with E-state index in [1.165, 1.54) is 44.2 Å². The molecule has 0 unspecified atom stereocenters. The van der Waals surface area contributed by atoms with Gasteiger partial charge in [0.05, 0.1) is 5.69 Å². The Morgan fingerprint density at radius 2 is 0.771 bits per heavy atom. The predicted molar refractivity (Wildman–Crippen MR) is 205 cm³/mol. The standard InChI is InChI=1S/C46H34N2/c1-3-18-41(19-4-1)47-42-28-24-34(25-29-42)37-14-9-16-39(32-37)40-17-10-15-38(33-40)35-26-30-44(31-27-35)48(43-20-5-2-6-21-43)46-23-11-13-36-12-7-8-22-45(36)46/h1-33,47H. The van der Waals surface area contributed by atoms with Crippen molar-refractivity contribution in [2.24, 2.45) is 0 Å². The van der Waals surface area contributed by atoms with E-state index in [4.69, 9.17) is 0 Å². The van der Waals surface area contributed by atoms with E-state index in [1.54, 1.807) is 0 Å². The Kier molecular flexibility index (Phi) is 7.96. The van der Waals surface area contributed by atoms with Gasteiger partial charge < -0.3 is 10.2 Å². The van der Waals surface area contributed by atoms with Crippen molar-refractivity contribution in [3.63, 3.8) is 0 Å². The van der Waals surface area contributed by atoms with Gasteiger partial charge in [-0.05, 0) is 105 Å². The van der Waals surface area contributed by atoms with E-state index in [9.17, 15) is 0 Å². The van der Waals surface area contributed by atoms with Gasteiger partial charge in [0.25, 0.3) is 0 Å². The van der Waals surface area contributed by atoms with Crippen LogP contribution >= 0.6 is 0 Å². The van der Waals surface area contributed by atoms with Crippen LogP contribution in [0.5, 0.6) is 0 Å². The number of anilines is 5. The first-order valence-electron chi connectivity index (χ1n) is 16.3. The zero-order valence-electron chi connectivity index (χ0n) is 26.5. The van der Waals surface area contributed by atoms with Crippen LogP contribution in [0.3, 0.4) is 0 Å². The van der Waals surface area contributed by atoms with Crippen LogP contribution in [0, 0.1) is 0 Å². The summed E-state index contributed by atoms with van der Waals surface area (Å²) >= 11 is 0. The maximum absolute atomic E-state index is 3.47. The highest BCUT2D eigenvalue weighted by Gasteiger charge is 2.15. The molecular weight excluding hydrogens is 581 g/mol. The second-order valence-corrected chi connectivity index (χ2v) is 11.9. The summed E-state index contributed by atoms with van der Waals surface area (Å²) in [4.78, 5) is 2.35. The van der Waals surface area contributed by atoms with Crippen LogP contribution in [0.15, 0.2) is 200 Å². The molecule has 48 heavy (non-hydrogen) atoms. The smallest absolute Gasteiger partial charge is 0.0540 e. The summed E-state index contributed by atoms with van der Waals surface area (Å²) < 4.78 is 0. The number of para-hydroxylation sites is 2. The summed E-state index contributed by atoms with van der Waals surface area (Å²) in [6.07, 6.45) is 0. The van der Waals surface area contributed by atoms with Gasteiger partial charge in [0.2, 0.25) is 0 Å². The normalized spacial score (nSPS) is 10.9. The van der Waals surface area contributed by atoms with Crippen LogP contribution in [-0.4, -0.2) is 0 Å². The molecule has 0 bridgehead atoms. The molecule has 0 spiro atoms. The van der Waals surface area contributed by atoms with Crippen LogP contribution in [0.25, 0.3) is 44.2 Å². The maximum Gasteiger partial charge on any atom is 0.0540 e. The molecule has 0 aliphatic carbocycles. The summed E-state index contributed by atoms with van der Waals surface area (Å²) in [6.45, 7) is 0. The third kappa shape index (κ3) is 6.08. The lowest BCUT2D eigenvalue weighted by molar-refractivity contribution is 1.30. The van der Waals surface area contributed by atoms with Crippen LogP contribution in [0.4, 0.5) is 28.4 Å². The summed E-state index contributed by atoms with van der Waals surface area (Å²) in [7, 11) is 0. The molecule has 0 amide bonds. The van der Waals surface area contributed by atoms with Crippen molar-refractivity contribution in [2.45, 2.75) is 0 Å². The Bertz CT molecular complexity index is 2290. The van der Waals surface area contributed by atoms with Crippen molar-refractivity contribution < 1.29 is 0 Å². The Labute approximate surface area is 282 Å². The quantitative estimate of drug-likeness (QED) is 0.183. The molecule has 0 atom stereocenters. The van der Waals surface area contributed by atoms with E-state index in [1.807, 2.05) is 18.2 Å². The molecule has 0 saturated heterocycles. The van der Waals surface area contributed by atoms with Gasteiger partial charge in [-0.2, -0.15) is 0 Å². The molecule has 0 aliphatic rings. The minimum atomic E-state index is 1.07. The van der Waals surface area contributed by atoms with E-state index in [-0.39, 0.29) is 0 Å². The fourth-order valence-corrected chi connectivity index (χ4v) is 6.40. The highest BCUT2D eigenvalue weighted by Crippen LogP contribution is 2.39. The van der Waals surface area contributed by atoms with Crippen molar-refractivity contribution >= 4 is 39.2 Å². The van der Waals surface area contributed by atoms with Gasteiger partial charge >= 0.3 is 0 Å². The highest BCUT2D eigenvalue weighted by atomic mass is 15.1. The van der Waals surface area contributed by atoms with Gasteiger partial charge in [-0.25, -0.2) is 0 Å². The lowest BCUT2D eigenvalue weighted by Crippen LogP contribution is -2.10. The van der Waals surface area contributed by atoms with Crippen molar-refractivity contribution in [1.29, 1.82) is 0 Å². The van der Waals surface area contributed by atoms with Gasteiger partial charge in [-0.3, -0.25) is 0 Å². The van der Waals surface area contributed by atoms with Crippen LogP contribution in [-0.2, 0) is 0 Å². The van der Waals surface area contributed by atoms with Crippen LogP contribution < -0.4 is 10.2 Å². The average Bonchev–Trinajstić information content (AvgIpc) is 3.17. The molecule has 8 aromatic carbocycles. The Hall–Kier alpha value is -6.38. The minimum Gasteiger partial charge on any atom is -0.356 e. The molecule has 8 aromatic rings. The first-order valence-corrected chi connectivity index (χ1v) is 16.3. The van der Waals surface area contributed by atoms with E-state index in [0.29, 0.717) is 0 Å². The highest BCUT2D eigenvalue weighted by molar-refractivity contribution is 5.99. The Morgan fingerprint density at radius 1 is 0.312 bits per heavy atom. The van der Waals surface area contributed by atoms with Gasteiger partial charge in [0, 0.05) is 28.1 Å². The lowest BCUT2D eigenvalue weighted by atomic mass is 9.96. The molecule has 0 fully saturated rings. The van der Waals surface area contributed by atoms with E-state index < -0.39 is 0 Å². The molecule has 0 heterocycles. The van der Waals surface area contributed by atoms with Gasteiger partial charge in [-0.15, -0.1) is 0 Å². The van der Waals surface area contributed by atoms with Crippen molar-refractivity contribution in [1.82, 2.24) is 0 Å². The first kappa shape index (κ1) is 29.1. The van der Waals surface area contributed by atoms with Crippen molar-refractivity contribution in [3.05, 3.63) is 200 Å². The van der Waals surface area contributed by atoms with E-state index in [2.05, 4.69) is 192 Å². The maximum atomic E-state index is 3.47. The molecule has 2 nitrogen and oxygen atoms in total. The SMILES string of the molecule is c1ccc(Nc2ccc(-c3cccc(-c4cccc(-c5ccc(N(c6ccccc6)c6cccc7ccccc67)cc5)c4)c3)cc2)cc1. The number of nitrogens with zero attached hydrogens (tertiary/aromatic N) is 1. The molecule has 228 valence electrons. The third-order valence-corrected chi connectivity index (χ3v) is 8.82. The Balaban J connectivity index is 1.07. The van der Waals surface area contributed by atoms with Gasteiger partial charge in [0.15, 0.2) is 0 Å². The number of hydrogen-bond donors (Lipinski definition) is 1. The van der Waals surface area contributed by atoms with E-state index >= 15 is 0 Å². The average molecular weight is 615 g/mol. The predicted octanol–water partition coefficient (Wildman–Crippen LogP) is 13.1. The summed E-state index contributed by atoms with van der Waals surface area (Å²) in [5, 5.41) is 5.92. The summed E-state index contributed by atoms with van der Waals surface area (Å²) in [5.74, 6) is 0.